The van der Waals surface area contributed by atoms with Gasteiger partial charge in [-0.1, -0.05) is 17.7 Å². The van der Waals surface area contributed by atoms with Gasteiger partial charge < -0.3 is 4.90 Å². The Morgan fingerprint density at radius 3 is 2.19 bits per heavy atom. The molecular formula is C22H26F3N3O3S. The van der Waals surface area contributed by atoms with Crippen LogP contribution in [0.2, 0.25) is 0 Å². The van der Waals surface area contributed by atoms with Crippen molar-refractivity contribution in [2.24, 2.45) is 0 Å². The van der Waals surface area contributed by atoms with Gasteiger partial charge in [0.25, 0.3) is 15.9 Å². The molecule has 174 valence electrons. The number of aryl methyl sites for hydroxylation is 1. The minimum Gasteiger partial charge on any atom is -0.337 e. The molecule has 0 atom stereocenters. The van der Waals surface area contributed by atoms with E-state index in [-0.39, 0.29) is 30.4 Å². The SMILES string of the molecule is Cc1ccc(S(=O)(=O)N(C)c2ccc(C(=O)N3CCCN(CC(F)(F)F)CC3)cc2)cc1. The topological polar surface area (TPSA) is 60.9 Å². The highest BCUT2D eigenvalue weighted by Gasteiger charge is 2.32. The average molecular weight is 470 g/mol. The predicted molar refractivity (Wildman–Crippen MR) is 116 cm³/mol. The lowest BCUT2D eigenvalue weighted by molar-refractivity contribution is -0.145. The number of carbonyl (C=O) groups excluding carboxylic acids is 1. The number of hydrogen-bond donors (Lipinski definition) is 0. The fourth-order valence-electron chi connectivity index (χ4n) is 3.59. The molecule has 0 aromatic heterocycles. The molecule has 32 heavy (non-hydrogen) atoms. The molecule has 2 aromatic carbocycles. The van der Waals surface area contributed by atoms with Gasteiger partial charge in [0.15, 0.2) is 0 Å². The van der Waals surface area contributed by atoms with Gasteiger partial charge in [-0.25, -0.2) is 8.42 Å². The summed E-state index contributed by atoms with van der Waals surface area (Å²) in [6.07, 6.45) is -3.81. The Morgan fingerprint density at radius 2 is 1.59 bits per heavy atom. The maximum absolute atomic E-state index is 12.8. The van der Waals surface area contributed by atoms with Crippen LogP contribution in [-0.2, 0) is 10.0 Å². The van der Waals surface area contributed by atoms with Crippen LogP contribution in [0.1, 0.15) is 22.3 Å². The Bertz CT molecular complexity index is 1040. The predicted octanol–water partition coefficient (Wildman–Crippen LogP) is 3.53. The highest BCUT2D eigenvalue weighted by atomic mass is 32.2. The Labute approximate surface area is 186 Å². The third-order valence-corrected chi connectivity index (χ3v) is 7.24. The monoisotopic (exact) mass is 469 g/mol. The van der Waals surface area contributed by atoms with Crippen LogP contribution in [0, 0.1) is 6.92 Å². The molecule has 3 rings (SSSR count). The summed E-state index contributed by atoms with van der Waals surface area (Å²) in [7, 11) is -2.31. The lowest BCUT2D eigenvalue weighted by Gasteiger charge is -2.23. The van der Waals surface area contributed by atoms with Crippen molar-refractivity contribution in [3.05, 3.63) is 59.7 Å². The lowest BCUT2D eigenvalue weighted by atomic mass is 10.1. The standard InChI is InChI=1S/C22H26F3N3O3S/c1-17-4-10-20(11-5-17)32(30,31)26(2)19-8-6-18(7-9-19)21(29)28-13-3-12-27(14-15-28)16-22(23,24)25/h4-11H,3,12-16H2,1-2H3. The van der Waals surface area contributed by atoms with E-state index in [1.54, 1.807) is 36.4 Å². The second kappa shape index (κ2) is 9.50. The van der Waals surface area contributed by atoms with Crippen LogP contribution in [0.25, 0.3) is 0 Å². The van der Waals surface area contributed by atoms with E-state index in [4.69, 9.17) is 0 Å². The fraction of sp³-hybridized carbons (Fsp3) is 0.409. The molecule has 0 saturated carbocycles. The van der Waals surface area contributed by atoms with Gasteiger partial charge in [-0.3, -0.25) is 14.0 Å². The Morgan fingerprint density at radius 1 is 0.969 bits per heavy atom. The number of carbonyl (C=O) groups is 1. The highest BCUT2D eigenvalue weighted by Crippen LogP contribution is 2.23. The molecule has 2 aromatic rings. The second-order valence-electron chi connectivity index (χ2n) is 7.87. The molecule has 1 saturated heterocycles. The number of amides is 1. The van der Waals surface area contributed by atoms with E-state index in [0.717, 1.165) is 9.87 Å². The Kier molecular flexibility index (Phi) is 7.14. The Balaban J connectivity index is 1.68. The number of rotatable bonds is 5. The lowest BCUT2D eigenvalue weighted by Crippen LogP contribution is -2.38. The molecule has 1 amide bonds. The molecule has 0 bridgehead atoms. The third kappa shape index (κ3) is 5.80. The third-order valence-electron chi connectivity index (χ3n) is 5.44. The summed E-state index contributed by atoms with van der Waals surface area (Å²) in [5, 5.41) is 0. The van der Waals surface area contributed by atoms with Crippen molar-refractivity contribution < 1.29 is 26.4 Å². The van der Waals surface area contributed by atoms with Gasteiger partial charge in [-0.2, -0.15) is 13.2 Å². The van der Waals surface area contributed by atoms with Gasteiger partial charge in [0.2, 0.25) is 0 Å². The number of hydrogen-bond acceptors (Lipinski definition) is 4. The molecule has 1 fully saturated rings. The van der Waals surface area contributed by atoms with Gasteiger partial charge >= 0.3 is 6.18 Å². The van der Waals surface area contributed by atoms with Crippen molar-refractivity contribution in [3.8, 4) is 0 Å². The van der Waals surface area contributed by atoms with Crippen molar-refractivity contribution in [1.82, 2.24) is 9.80 Å². The van der Waals surface area contributed by atoms with Crippen LogP contribution in [-0.4, -0.2) is 70.1 Å². The van der Waals surface area contributed by atoms with E-state index in [1.165, 1.54) is 29.0 Å². The first-order chi connectivity index (χ1) is 15.0. The number of halogens is 3. The van der Waals surface area contributed by atoms with E-state index in [2.05, 4.69) is 0 Å². The molecule has 0 radical (unpaired) electrons. The molecule has 0 aliphatic carbocycles. The molecule has 0 N–H and O–H groups in total. The number of nitrogens with zero attached hydrogens (tertiary/aromatic N) is 3. The van der Waals surface area contributed by atoms with Crippen LogP contribution in [0.4, 0.5) is 18.9 Å². The van der Waals surface area contributed by atoms with Crippen LogP contribution < -0.4 is 4.31 Å². The zero-order valence-electron chi connectivity index (χ0n) is 18.0. The quantitative estimate of drug-likeness (QED) is 0.672. The summed E-state index contributed by atoms with van der Waals surface area (Å²) in [4.78, 5) is 15.8. The first-order valence-electron chi connectivity index (χ1n) is 10.2. The second-order valence-corrected chi connectivity index (χ2v) is 9.84. The van der Waals surface area contributed by atoms with E-state index in [0.29, 0.717) is 24.2 Å². The smallest absolute Gasteiger partial charge is 0.337 e. The Hall–Kier alpha value is -2.59. The summed E-state index contributed by atoms with van der Waals surface area (Å²) < 4.78 is 64.7. The molecule has 0 spiro atoms. The molecule has 6 nitrogen and oxygen atoms in total. The molecule has 0 unspecified atom stereocenters. The van der Waals surface area contributed by atoms with E-state index < -0.39 is 22.7 Å². The molecule has 10 heteroatoms. The van der Waals surface area contributed by atoms with Gasteiger partial charge in [0, 0.05) is 38.8 Å². The van der Waals surface area contributed by atoms with E-state index in [1.807, 2.05) is 6.92 Å². The van der Waals surface area contributed by atoms with Crippen molar-refractivity contribution in [2.45, 2.75) is 24.4 Å². The summed E-state index contributed by atoms with van der Waals surface area (Å²) in [5.74, 6) is -0.283. The van der Waals surface area contributed by atoms with Crippen molar-refractivity contribution in [2.75, 3.05) is 44.1 Å². The molecular weight excluding hydrogens is 443 g/mol. The molecule has 1 heterocycles. The van der Waals surface area contributed by atoms with E-state index >= 15 is 0 Å². The van der Waals surface area contributed by atoms with Crippen molar-refractivity contribution in [3.63, 3.8) is 0 Å². The number of alkyl halides is 3. The summed E-state index contributed by atoms with van der Waals surface area (Å²) in [6, 6.07) is 12.7. The number of sulfonamides is 1. The van der Waals surface area contributed by atoms with Crippen LogP contribution in [0.15, 0.2) is 53.4 Å². The minimum atomic E-state index is -4.26. The maximum atomic E-state index is 12.8. The van der Waals surface area contributed by atoms with Crippen molar-refractivity contribution >= 4 is 21.6 Å². The van der Waals surface area contributed by atoms with Crippen LogP contribution in [0.3, 0.4) is 0 Å². The van der Waals surface area contributed by atoms with Crippen molar-refractivity contribution in [1.29, 1.82) is 0 Å². The first kappa shape index (κ1) is 24.1. The van der Waals surface area contributed by atoms with Crippen LogP contribution in [0.5, 0.6) is 0 Å². The number of anilines is 1. The highest BCUT2D eigenvalue weighted by molar-refractivity contribution is 7.92. The summed E-state index contributed by atoms with van der Waals surface area (Å²) >= 11 is 0. The van der Waals surface area contributed by atoms with Gasteiger partial charge in [0.1, 0.15) is 0 Å². The maximum Gasteiger partial charge on any atom is 0.401 e. The summed E-state index contributed by atoms with van der Waals surface area (Å²) in [5.41, 5.74) is 1.71. The fourth-order valence-corrected chi connectivity index (χ4v) is 4.78. The van der Waals surface area contributed by atoms with Gasteiger partial charge in [0.05, 0.1) is 17.1 Å². The first-order valence-corrected chi connectivity index (χ1v) is 11.7. The van der Waals surface area contributed by atoms with Crippen LogP contribution >= 0.6 is 0 Å². The average Bonchev–Trinajstić information content (AvgIpc) is 2.97. The minimum absolute atomic E-state index is 0.154. The summed E-state index contributed by atoms with van der Waals surface area (Å²) in [6.45, 7) is 1.90. The molecule has 1 aliphatic heterocycles. The van der Waals surface area contributed by atoms with Gasteiger partial charge in [-0.05, 0) is 49.7 Å². The zero-order chi connectivity index (χ0) is 23.5. The normalized spacial score (nSPS) is 16.0. The number of benzene rings is 2. The zero-order valence-corrected chi connectivity index (χ0v) is 18.8. The largest absolute Gasteiger partial charge is 0.401 e. The molecule has 1 aliphatic rings. The van der Waals surface area contributed by atoms with Gasteiger partial charge in [-0.15, -0.1) is 0 Å². The van der Waals surface area contributed by atoms with E-state index in [9.17, 15) is 26.4 Å².